The third-order valence-corrected chi connectivity index (χ3v) is 2.52. The molecule has 7 heteroatoms. The van der Waals surface area contributed by atoms with E-state index in [4.69, 9.17) is 16.7 Å². The van der Waals surface area contributed by atoms with Crippen molar-refractivity contribution in [3.05, 3.63) is 34.9 Å². The molecule has 6 nitrogen and oxygen atoms in total. The van der Waals surface area contributed by atoms with Crippen LogP contribution in [0.2, 0.25) is 5.02 Å². The first-order valence-electron chi connectivity index (χ1n) is 5.52. The molecule has 1 aromatic rings. The zero-order valence-electron chi connectivity index (χ0n) is 9.98. The minimum atomic E-state index is -1.000. The van der Waals surface area contributed by atoms with Gasteiger partial charge in [-0.15, -0.1) is 0 Å². The molecule has 0 aromatic heterocycles. The molecule has 0 radical (unpaired) electrons. The highest BCUT2D eigenvalue weighted by atomic mass is 35.5. The van der Waals surface area contributed by atoms with Crippen molar-refractivity contribution >= 4 is 29.4 Å². The Morgan fingerprint density at radius 1 is 1.16 bits per heavy atom. The first kappa shape index (κ1) is 15.0. The van der Waals surface area contributed by atoms with Gasteiger partial charge in [0.05, 0.1) is 23.6 Å². The summed E-state index contributed by atoms with van der Waals surface area (Å²) >= 11 is 5.83. The van der Waals surface area contributed by atoms with E-state index in [1.54, 1.807) is 24.3 Å². The van der Waals surface area contributed by atoms with E-state index in [1.165, 1.54) is 0 Å². The highest BCUT2D eigenvalue weighted by Gasteiger charge is 2.10. The lowest BCUT2D eigenvalue weighted by atomic mass is 10.2. The Morgan fingerprint density at radius 3 is 2.47 bits per heavy atom. The van der Waals surface area contributed by atoms with Crippen LogP contribution in [0.4, 0.5) is 0 Å². The standard InChI is InChI=1S/C12H13ClN2O4/c13-9-4-2-1-3-8(9)12(19)15-7-10(16)14-6-5-11(17)18/h1-4H,5-7H2,(H,14,16)(H,15,19)(H,17,18). The number of carbonyl (C=O) groups excluding carboxylic acids is 2. The molecule has 102 valence electrons. The van der Waals surface area contributed by atoms with Crippen LogP contribution in [-0.4, -0.2) is 36.0 Å². The second kappa shape index (κ2) is 7.38. The van der Waals surface area contributed by atoms with Crippen molar-refractivity contribution in [1.29, 1.82) is 0 Å². The van der Waals surface area contributed by atoms with Gasteiger partial charge in [0.2, 0.25) is 5.91 Å². The molecule has 0 aliphatic heterocycles. The number of hydrogen-bond donors (Lipinski definition) is 3. The zero-order chi connectivity index (χ0) is 14.3. The van der Waals surface area contributed by atoms with Crippen molar-refractivity contribution in [3.8, 4) is 0 Å². The van der Waals surface area contributed by atoms with Gasteiger partial charge in [-0.1, -0.05) is 23.7 Å². The maximum Gasteiger partial charge on any atom is 0.305 e. The quantitative estimate of drug-likeness (QED) is 0.715. The van der Waals surface area contributed by atoms with Crippen molar-refractivity contribution in [3.63, 3.8) is 0 Å². The third-order valence-electron chi connectivity index (χ3n) is 2.19. The number of hydrogen-bond acceptors (Lipinski definition) is 3. The van der Waals surface area contributed by atoms with Crippen LogP contribution in [0.1, 0.15) is 16.8 Å². The number of carbonyl (C=O) groups is 3. The van der Waals surface area contributed by atoms with E-state index in [0.29, 0.717) is 5.02 Å². The Labute approximate surface area is 114 Å². The summed E-state index contributed by atoms with van der Waals surface area (Å²) in [7, 11) is 0. The average molecular weight is 285 g/mol. The number of rotatable bonds is 6. The van der Waals surface area contributed by atoms with Crippen LogP contribution in [0.15, 0.2) is 24.3 Å². The summed E-state index contributed by atoms with van der Waals surface area (Å²) in [5.41, 5.74) is 0.280. The summed E-state index contributed by atoms with van der Waals surface area (Å²) in [4.78, 5) is 33.2. The van der Waals surface area contributed by atoms with Gasteiger partial charge in [-0.3, -0.25) is 14.4 Å². The smallest absolute Gasteiger partial charge is 0.305 e. The fraction of sp³-hybridized carbons (Fsp3) is 0.250. The van der Waals surface area contributed by atoms with Gasteiger partial charge < -0.3 is 15.7 Å². The minimum absolute atomic E-state index is 0.0239. The monoisotopic (exact) mass is 284 g/mol. The predicted octanol–water partition coefficient (Wildman–Crippen LogP) is 0.661. The van der Waals surface area contributed by atoms with Crippen molar-refractivity contribution in [2.45, 2.75) is 6.42 Å². The number of carboxylic acid groups (broad SMARTS) is 1. The molecule has 1 rings (SSSR count). The average Bonchev–Trinajstić information content (AvgIpc) is 2.36. The van der Waals surface area contributed by atoms with E-state index >= 15 is 0 Å². The number of aliphatic carboxylic acids is 1. The van der Waals surface area contributed by atoms with E-state index in [1.807, 2.05) is 0 Å². The highest BCUT2D eigenvalue weighted by molar-refractivity contribution is 6.33. The van der Waals surface area contributed by atoms with E-state index in [2.05, 4.69) is 10.6 Å². The van der Waals surface area contributed by atoms with E-state index in [-0.39, 0.29) is 25.1 Å². The van der Waals surface area contributed by atoms with Crippen molar-refractivity contribution in [2.24, 2.45) is 0 Å². The number of benzene rings is 1. The third kappa shape index (κ3) is 5.39. The molecule has 19 heavy (non-hydrogen) atoms. The number of halogens is 1. The molecule has 0 bridgehead atoms. The number of nitrogens with one attached hydrogen (secondary N) is 2. The van der Waals surface area contributed by atoms with Crippen molar-refractivity contribution < 1.29 is 19.5 Å². The maximum absolute atomic E-state index is 11.7. The van der Waals surface area contributed by atoms with Gasteiger partial charge in [-0.2, -0.15) is 0 Å². The number of carboxylic acids is 1. The Morgan fingerprint density at radius 2 is 1.84 bits per heavy atom. The summed E-state index contributed by atoms with van der Waals surface area (Å²) in [5, 5.41) is 13.4. The second-order valence-corrected chi connectivity index (χ2v) is 4.06. The summed E-state index contributed by atoms with van der Waals surface area (Å²) < 4.78 is 0. The fourth-order valence-corrected chi connectivity index (χ4v) is 1.49. The van der Waals surface area contributed by atoms with E-state index < -0.39 is 17.8 Å². The molecular weight excluding hydrogens is 272 g/mol. The molecule has 0 saturated carbocycles. The lowest BCUT2D eigenvalue weighted by Gasteiger charge is -2.07. The first-order chi connectivity index (χ1) is 9.00. The van der Waals surface area contributed by atoms with Crippen LogP contribution in [0, 0.1) is 0 Å². The number of amides is 2. The molecular formula is C12H13ClN2O4. The van der Waals surface area contributed by atoms with Crippen molar-refractivity contribution in [2.75, 3.05) is 13.1 Å². The largest absolute Gasteiger partial charge is 0.481 e. The predicted molar refractivity (Wildman–Crippen MR) is 69.0 cm³/mol. The second-order valence-electron chi connectivity index (χ2n) is 3.66. The minimum Gasteiger partial charge on any atom is -0.481 e. The first-order valence-corrected chi connectivity index (χ1v) is 5.89. The lowest BCUT2D eigenvalue weighted by molar-refractivity contribution is -0.136. The lowest BCUT2D eigenvalue weighted by Crippen LogP contribution is -2.37. The van der Waals surface area contributed by atoms with E-state index in [0.717, 1.165) is 0 Å². The Bertz CT molecular complexity index is 490. The van der Waals surface area contributed by atoms with Gasteiger partial charge in [0.25, 0.3) is 5.91 Å². The van der Waals surface area contributed by atoms with Crippen LogP contribution in [0.3, 0.4) is 0 Å². The van der Waals surface area contributed by atoms with Crippen LogP contribution in [0.25, 0.3) is 0 Å². The maximum atomic E-state index is 11.7. The SMILES string of the molecule is O=C(O)CCNC(=O)CNC(=O)c1ccccc1Cl. The molecule has 0 aliphatic carbocycles. The van der Waals surface area contributed by atoms with Crippen molar-refractivity contribution in [1.82, 2.24) is 10.6 Å². The molecule has 0 fully saturated rings. The molecule has 0 unspecified atom stereocenters. The molecule has 0 atom stereocenters. The normalized spacial score (nSPS) is 9.74. The van der Waals surface area contributed by atoms with Gasteiger partial charge in [0.1, 0.15) is 0 Å². The van der Waals surface area contributed by atoms with Crippen LogP contribution < -0.4 is 10.6 Å². The Balaban J connectivity index is 2.36. The van der Waals surface area contributed by atoms with Gasteiger partial charge >= 0.3 is 5.97 Å². The highest BCUT2D eigenvalue weighted by Crippen LogP contribution is 2.14. The zero-order valence-corrected chi connectivity index (χ0v) is 10.7. The summed E-state index contributed by atoms with van der Waals surface area (Å²) in [5.74, 6) is -1.92. The Hall–Kier alpha value is -2.08. The summed E-state index contributed by atoms with van der Waals surface area (Å²) in [6, 6.07) is 6.47. The van der Waals surface area contributed by atoms with Gasteiger partial charge in [-0.05, 0) is 12.1 Å². The van der Waals surface area contributed by atoms with E-state index in [9.17, 15) is 14.4 Å². The molecule has 2 amide bonds. The van der Waals surface area contributed by atoms with Gasteiger partial charge in [0, 0.05) is 6.54 Å². The van der Waals surface area contributed by atoms with Crippen LogP contribution >= 0.6 is 11.6 Å². The molecule has 0 saturated heterocycles. The molecule has 0 spiro atoms. The molecule has 3 N–H and O–H groups in total. The fourth-order valence-electron chi connectivity index (χ4n) is 1.27. The van der Waals surface area contributed by atoms with Gasteiger partial charge in [0.15, 0.2) is 0 Å². The van der Waals surface area contributed by atoms with Crippen LogP contribution in [0.5, 0.6) is 0 Å². The Kier molecular flexibility index (Phi) is 5.81. The molecule has 1 aromatic carbocycles. The summed E-state index contributed by atoms with van der Waals surface area (Å²) in [6.07, 6.45) is -0.163. The van der Waals surface area contributed by atoms with Crippen LogP contribution in [-0.2, 0) is 9.59 Å². The van der Waals surface area contributed by atoms with Gasteiger partial charge in [-0.25, -0.2) is 0 Å². The molecule has 0 aliphatic rings. The summed E-state index contributed by atoms with van der Waals surface area (Å²) in [6.45, 7) is -0.209. The molecule has 0 heterocycles. The topological polar surface area (TPSA) is 95.5 Å².